The van der Waals surface area contributed by atoms with Gasteiger partial charge in [0.2, 0.25) is 0 Å². The van der Waals surface area contributed by atoms with Crippen LogP contribution in [-0.2, 0) is 16.2 Å². The van der Waals surface area contributed by atoms with E-state index >= 15 is 0 Å². The molecule has 0 aliphatic carbocycles. The third-order valence-corrected chi connectivity index (χ3v) is 7.89. The molecule has 1 amide bonds. The number of thiophene rings is 1. The van der Waals surface area contributed by atoms with Crippen LogP contribution in [0.4, 0.5) is 5.69 Å². The fraction of sp³-hybridized carbons (Fsp3) is 0.0909. The second-order valence-corrected chi connectivity index (χ2v) is 10.4. The highest BCUT2D eigenvalue weighted by Gasteiger charge is 2.47. The zero-order valence-electron chi connectivity index (χ0n) is 21.2. The molecule has 4 aromatic carbocycles. The molecule has 0 saturated carbocycles. The zero-order chi connectivity index (χ0) is 26.9. The Hall–Kier alpha value is -4.68. The monoisotopic (exact) mass is 531 g/mol. The first-order chi connectivity index (χ1) is 19.0. The Balaban J connectivity index is 1.42. The normalized spacial score (nSPS) is 16.6. The van der Waals surface area contributed by atoms with Crippen LogP contribution in [0, 0.1) is 6.92 Å². The van der Waals surface area contributed by atoms with E-state index in [-0.39, 0.29) is 11.3 Å². The highest BCUT2D eigenvalue weighted by Crippen LogP contribution is 2.45. The number of amides is 1. The van der Waals surface area contributed by atoms with Crippen LogP contribution in [0.25, 0.3) is 16.5 Å². The average molecular weight is 532 g/mol. The zero-order valence-corrected chi connectivity index (χ0v) is 22.0. The van der Waals surface area contributed by atoms with Crippen LogP contribution in [0.3, 0.4) is 0 Å². The highest BCUT2D eigenvalue weighted by atomic mass is 32.1. The molecular formula is C33H25NO4S. The summed E-state index contributed by atoms with van der Waals surface area (Å²) in [5.74, 6) is -0.889. The van der Waals surface area contributed by atoms with Crippen molar-refractivity contribution in [1.82, 2.24) is 0 Å². The van der Waals surface area contributed by atoms with Gasteiger partial charge in [-0.05, 0) is 59.1 Å². The highest BCUT2D eigenvalue weighted by molar-refractivity contribution is 7.10. The molecule has 6 heteroatoms. The number of hydrogen-bond acceptors (Lipinski definition) is 5. The average Bonchev–Trinajstić information content (AvgIpc) is 3.59. The van der Waals surface area contributed by atoms with Gasteiger partial charge in [0.25, 0.3) is 11.7 Å². The van der Waals surface area contributed by atoms with Gasteiger partial charge in [0.1, 0.15) is 24.2 Å². The summed E-state index contributed by atoms with van der Waals surface area (Å²) in [5, 5.41) is 15.2. The molecule has 1 aliphatic heterocycles. The number of ether oxygens (including phenoxy) is 1. The van der Waals surface area contributed by atoms with E-state index in [1.807, 2.05) is 97.2 Å². The third-order valence-electron chi connectivity index (χ3n) is 6.97. The van der Waals surface area contributed by atoms with E-state index < -0.39 is 17.7 Å². The lowest BCUT2D eigenvalue weighted by Crippen LogP contribution is -2.29. The molecule has 2 heterocycles. The predicted molar refractivity (Wildman–Crippen MR) is 155 cm³/mol. The largest absolute Gasteiger partial charge is 0.507 e. The standard InChI is InChI=1S/C33H25NO4S/c1-21-19-24(16-17-27(21)38-20-22-9-3-2-4-10-22)31(35)29-30(28-15-8-18-39-28)34(33(37)32(29)36)26-14-7-12-23-11-5-6-13-25(23)26/h2-19,30,35H,20H2,1H3/b31-29-. The van der Waals surface area contributed by atoms with E-state index in [1.165, 1.54) is 16.2 Å². The van der Waals surface area contributed by atoms with E-state index in [0.717, 1.165) is 26.8 Å². The van der Waals surface area contributed by atoms with Gasteiger partial charge in [-0.1, -0.05) is 72.8 Å². The van der Waals surface area contributed by atoms with Gasteiger partial charge in [0.15, 0.2) is 0 Å². The molecule has 6 rings (SSSR count). The second-order valence-electron chi connectivity index (χ2n) is 9.44. The van der Waals surface area contributed by atoms with Crippen LogP contribution in [-0.4, -0.2) is 16.8 Å². The fourth-order valence-electron chi connectivity index (χ4n) is 5.06. The van der Waals surface area contributed by atoms with Crippen molar-refractivity contribution in [1.29, 1.82) is 0 Å². The Bertz CT molecular complexity index is 1720. The number of Topliss-reactive ketones (excluding diaryl/α,β-unsaturated/α-hetero) is 1. The summed E-state index contributed by atoms with van der Waals surface area (Å²) in [7, 11) is 0. The van der Waals surface area contributed by atoms with Crippen LogP contribution in [0.15, 0.2) is 114 Å². The van der Waals surface area contributed by atoms with E-state index in [4.69, 9.17) is 4.74 Å². The van der Waals surface area contributed by atoms with Crippen molar-refractivity contribution in [3.63, 3.8) is 0 Å². The van der Waals surface area contributed by atoms with Gasteiger partial charge >= 0.3 is 0 Å². The number of hydrogen-bond donors (Lipinski definition) is 1. The maximum absolute atomic E-state index is 13.6. The lowest BCUT2D eigenvalue weighted by molar-refractivity contribution is -0.132. The number of ketones is 1. The van der Waals surface area contributed by atoms with Gasteiger partial charge in [-0.2, -0.15) is 0 Å². The minimum Gasteiger partial charge on any atom is -0.507 e. The minimum absolute atomic E-state index is 0.0766. The molecule has 1 atom stereocenters. The van der Waals surface area contributed by atoms with Crippen LogP contribution in [0.2, 0.25) is 0 Å². The number of anilines is 1. The Morgan fingerprint density at radius 2 is 1.67 bits per heavy atom. The molecule has 5 nitrogen and oxygen atoms in total. The smallest absolute Gasteiger partial charge is 0.300 e. The van der Waals surface area contributed by atoms with Gasteiger partial charge in [0.05, 0.1) is 11.3 Å². The quantitative estimate of drug-likeness (QED) is 0.141. The third kappa shape index (κ3) is 4.49. The number of aliphatic hydroxyl groups is 1. The van der Waals surface area contributed by atoms with Crippen LogP contribution >= 0.6 is 11.3 Å². The molecule has 1 aliphatic rings. The van der Waals surface area contributed by atoms with Crippen LogP contribution < -0.4 is 9.64 Å². The molecule has 0 spiro atoms. The SMILES string of the molecule is Cc1cc(/C(O)=C2/C(=O)C(=O)N(c3cccc4ccccc34)C2c2cccs2)ccc1OCc1ccccc1. The molecule has 192 valence electrons. The number of fused-ring (bicyclic) bond motifs is 1. The van der Waals surface area contributed by atoms with Crippen LogP contribution in [0.5, 0.6) is 5.75 Å². The fourth-order valence-corrected chi connectivity index (χ4v) is 5.89. The second kappa shape index (κ2) is 10.2. The molecule has 1 aromatic heterocycles. The number of aliphatic hydroxyl groups excluding tert-OH is 1. The summed E-state index contributed by atoms with van der Waals surface area (Å²) in [5.41, 5.74) is 3.03. The van der Waals surface area contributed by atoms with E-state index in [9.17, 15) is 14.7 Å². The first-order valence-electron chi connectivity index (χ1n) is 12.6. The van der Waals surface area contributed by atoms with Crippen molar-refractivity contribution < 1.29 is 19.4 Å². The number of nitrogens with zero attached hydrogens (tertiary/aromatic N) is 1. The molecule has 5 aromatic rings. The molecule has 1 saturated heterocycles. The van der Waals surface area contributed by atoms with Gasteiger partial charge in [0, 0.05) is 15.8 Å². The summed E-state index contributed by atoms with van der Waals surface area (Å²) in [6.45, 7) is 2.31. The van der Waals surface area contributed by atoms with Gasteiger partial charge in [-0.3, -0.25) is 14.5 Å². The number of carbonyl (C=O) groups excluding carboxylic acids is 2. The first-order valence-corrected chi connectivity index (χ1v) is 13.5. The van der Waals surface area contributed by atoms with Crippen molar-refractivity contribution in [2.75, 3.05) is 4.90 Å². The number of carbonyl (C=O) groups is 2. The van der Waals surface area contributed by atoms with E-state index in [1.54, 1.807) is 18.2 Å². The van der Waals surface area contributed by atoms with Crippen molar-refractivity contribution >= 4 is 45.2 Å². The Kier molecular flexibility index (Phi) is 6.47. The molecule has 1 fully saturated rings. The van der Waals surface area contributed by atoms with Crippen molar-refractivity contribution in [3.8, 4) is 5.75 Å². The molecule has 0 bridgehead atoms. The number of benzene rings is 4. The lowest BCUT2D eigenvalue weighted by Gasteiger charge is -2.25. The first kappa shape index (κ1) is 24.6. The minimum atomic E-state index is -0.745. The van der Waals surface area contributed by atoms with Gasteiger partial charge in [-0.15, -0.1) is 11.3 Å². The Labute approximate surface area is 230 Å². The summed E-state index contributed by atoms with van der Waals surface area (Å²) < 4.78 is 5.99. The van der Waals surface area contributed by atoms with Gasteiger partial charge < -0.3 is 9.84 Å². The van der Waals surface area contributed by atoms with Crippen molar-refractivity contribution in [2.24, 2.45) is 0 Å². The summed E-state index contributed by atoms with van der Waals surface area (Å²) >= 11 is 1.44. The Morgan fingerprint density at radius 3 is 2.44 bits per heavy atom. The summed E-state index contributed by atoms with van der Waals surface area (Å²) in [6, 6.07) is 31.6. The lowest BCUT2D eigenvalue weighted by atomic mass is 9.98. The Morgan fingerprint density at radius 1 is 0.897 bits per heavy atom. The van der Waals surface area contributed by atoms with Crippen LogP contribution in [0.1, 0.15) is 27.6 Å². The van der Waals surface area contributed by atoms with E-state index in [2.05, 4.69) is 0 Å². The molecular weight excluding hydrogens is 506 g/mol. The predicted octanol–water partition coefficient (Wildman–Crippen LogP) is 7.42. The molecule has 1 N–H and O–H groups in total. The maximum atomic E-state index is 13.6. The number of aryl methyl sites for hydroxylation is 1. The van der Waals surface area contributed by atoms with Crippen molar-refractivity contribution in [3.05, 3.63) is 136 Å². The summed E-state index contributed by atoms with van der Waals surface area (Å²) in [6.07, 6.45) is 0. The summed E-state index contributed by atoms with van der Waals surface area (Å²) in [4.78, 5) is 29.4. The topological polar surface area (TPSA) is 66.8 Å². The van der Waals surface area contributed by atoms with Gasteiger partial charge in [-0.25, -0.2) is 0 Å². The maximum Gasteiger partial charge on any atom is 0.300 e. The molecule has 0 radical (unpaired) electrons. The number of rotatable bonds is 6. The van der Waals surface area contributed by atoms with E-state index in [0.29, 0.717) is 23.6 Å². The molecule has 39 heavy (non-hydrogen) atoms. The molecule has 1 unspecified atom stereocenters. The van der Waals surface area contributed by atoms with Crippen molar-refractivity contribution in [2.45, 2.75) is 19.6 Å².